The Morgan fingerprint density at radius 2 is 2.05 bits per heavy atom. The summed E-state index contributed by atoms with van der Waals surface area (Å²) in [7, 11) is 0.838. The van der Waals surface area contributed by atoms with Crippen molar-refractivity contribution in [2.75, 3.05) is 20.7 Å². The van der Waals surface area contributed by atoms with Crippen LogP contribution in [0.4, 0.5) is 0 Å². The molecule has 1 N–H and O–H groups in total. The van der Waals surface area contributed by atoms with Crippen LogP contribution >= 0.6 is 0 Å². The molecule has 0 bridgehead atoms. The van der Waals surface area contributed by atoms with Crippen LogP contribution in [0.1, 0.15) is 23.4 Å². The maximum absolute atomic E-state index is 12.1. The van der Waals surface area contributed by atoms with E-state index in [9.17, 15) is 13.2 Å². The number of nitrogens with one attached hydrogen (secondary N) is 1. The third-order valence-corrected chi connectivity index (χ3v) is 4.87. The first-order valence-electron chi connectivity index (χ1n) is 6.46. The average molecular weight is 318 g/mol. The lowest BCUT2D eigenvalue weighted by atomic mass is 10.2. The van der Waals surface area contributed by atoms with Gasteiger partial charge in [0.1, 0.15) is 0 Å². The molecule has 0 aliphatic rings. The van der Waals surface area contributed by atoms with Gasteiger partial charge in [0.05, 0.1) is 19.2 Å². The summed E-state index contributed by atoms with van der Waals surface area (Å²) in [6.07, 6.45) is 0.0128. The highest BCUT2D eigenvalue weighted by Gasteiger charge is 2.20. The fraction of sp³-hybridized carbons (Fsp3) is 0.667. The molecular formula is C12H22N4O4S. The minimum Gasteiger partial charge on any atom is -0.469 e. The van der Waals surface area contributed by atoms with E-state index in [4.69, 9.17) is 0 Å². The number of hydrogen-bond donors (Lipinski definition) is 1. The summed E-state index contributed by atoms with van der Waals surface area (Å²) in [4.78, 5) is 11.0. The number of nitrogens with zero attached hydrogens (tertiary/aromatic N) is 3. The van der Waals surface area contributed by atoms with Crippen molar-refractivity contribution >= 4 is 16.2 Å². The number of carbonyl (C=O) groups excluding carboxylic acids is 1. The number of aryl methyl sites for hydroxylation is 2. The number of ether oxygens (including phenoxy) is 1. The zero-order valence-electron chi connectivity index (χ0n) is 13.0. The summed E-state index contributed by atoms with van der Waals surface area (Å²) in [5, 5.41) is 4.23. The van der Waals surface area contributed by atoms with E-state index in [2.05, 4.69) is 14.6 Å². The number of methoxy groups -OCH3 is 1. The van der Waals surface area contributed by atoms with Crippen molar-refractivity contribution in [1.29, 1.82) is 0 Å². The van der Waals surface area contributed by atoms with E-state index in [-0.39, 0.29) is 19.5 Å². The highest BCUT2D eigenvalue weighted by Crippen LogP contribution is 2.12. The van der Waals surface area contributed by atoms with Gasteiger partial charge < -0.3 is 4.74 Å². The van der Waals surface area contributed by atoms with Gasteiger partial charge in [-0.3, -0.25) is 9.48 Å². The van der Waals surface area contributed by atoms with Crippen molar-refractivity contribution in [2.45, 2.75) is 26.8 Å². The molecule has 0 saturated carbocycles. The Bertz CT molecular complexity index is 609. The molecule has 0 spiro atoms. The first kappa shape index (κ1) is 17.6. The monoisotopic (exact) mass is 318 g/mol. The number of rotatable bonds is 7. The van der Waals surface area contributed by atoms with Crippen molar-refractivity contribution < 1.29 is 17.9 Å². The van der Waals surface area contributed by atoms with Gasteiger partial charge in [-0.15, -0.1) is 0 Å². The third kappa shape index (κ3) is 4.51. The van der Waals surface area contributed by atoms with Gasteiger partial charge in [0.2, 0.25) is 0 Å². The minimum atomic E-state index is -3.65. The Morgan fingerprint density at radius 3 is 2.52 bits per heavy atom. The van der Waals surface area contributed by atoms with Crippen LogP contribution in [-0.4, -0.2) is 49.2 Å². The van der Waals surface area contributed by atoms with E-state index in [0.717, 1.165) is 21.3 Å². The lowest BCUT2D eigenvalue weighted by Crippen LogP contribution is -2.39. The summed E-state index contributed by atoms with van der Waals surface area (Å²) in [6.45, 7) is 3.94. The molecule has 0 amide bonds. The second-order valence-corrected chi connectivity index (χ2v) is 6.61. The molecular weight excluding hydrogens is 296 g/mol. The molecule has 8 nitrogen and oxygen atoms in total. The van der Waals surface area contributed by atoms with Gasteiger partial charge >= 0.3 is 5.97 Å². The Kier molecular flexibility index (Phi) is 5.87. The first-order chi connectivity index (χ1) is 9.69. The summed E-state index contributed by atoms with van der Waals surface area (Å²) >= 11 is 0. The van der Waals surface area contributed by atoms with E-state index in [1.807, 2.05) is 20.9 Å². The highest BCUT2D eigenvalue weighted by atomic mass is 32.2. The van der Waals surface area contributed by atoms with Crippen molar-refractivity contribution in [3.63, 3.8) is 0 Å². The molecule has 1 heterocycles. The van der Waals surface area contributed by atoms with Crippen molar-refractivity contribution in [1.82, 2.24) is 18.8 Å². The molecule has 0 aliphatic heterocycles. The fourth-order valence-corrected chi connectivity index (χ4v) is 2.70. The molecule has 9 heteroatoms. The van der Waals surface area contributed by atoms with E-state index in [0.29, 0.717) is 0 Å². The third-order valence-electron chi connectivity index (χ3n) is 3.36. The number of carbonyl (C=O) groups is 1. The van der Waals surface area contributed by atoms with E-state index >= 15 is 0 Å². The molecule has 1 aromatic rings. The largest absolute Gasteiger partial charge is 0.469 e. The van der Waals surface area contributed by atoms with Crippen LogP contribution in [0.5, 0.6) is 0 Å². The van der Waals surface area contributed by atoms with Crippen LogP contribution in [-0.2, 0) is 33.3 Å². The van der Waals surface area contributed by atoms with Crippen molar-refractivity contribution in [2.24, 2.45) is 7.05 Å². The second kappa shape index (κ2) is 7.01. The first-order valence-corrected chi connectivity index (χ1v) is 7.90. The van der Waals surface area contributed by atoms with Gasteiger partial charge in [0, 0.05) is 38.4 Å². The molecule has 21 heavy (non-hydrogen) atoms. The lowest BCUT2D eigenvalue weighted by Gasteiger charge is -2.17. The van der Waals surface area contributed by atoms with Crippen molar-refractivity contribution in [3.8, 4) is 0 Å². The van der Waals surface area contributed by atoms with Crippen LogP contribution in [0, 0.1) is 13.8 Å². The predicted molar refractivity (Wildman–Crippen MR) is 77.7 cm³/mol. The standard InChI is InChI=1S/C12H22N4O4S/c1-9-11(10(2)16(4)14-9)8-13-21(18,19)15(3)7-6-12(17)20-5/h13H,6-8H2,1-5H3. The normalized spacial score (nSPS) is 11.9. The van der Waals surface area contributed by atoms with Crippen LogP contribution in [0.3, 0.4) is 0 Å². The molecule has 0 aliphatic carbocycles. The van der Waals surface area contributed by atoms with Gasteiger partial charge in [-0.25, -0.2) is 0 Å². The van der Waals surface area contributed by atoms with E-state index < -0.39 is 16.2 Å². The Balaban J connectivity index is 2.66. The second-order valence-electron chi connectivity index (χ2n) is 4.75. The molecule has 0 aromatic carbocycles. The maximum Gasteiger partial charge on any atom is 0.306 e. The molecule has 0 radical (unpaired) electrons. The molecule has 0 fully saturated rings. The van der Waals surface area contributed by atoms with Crippen molar-refractivity contribution in [3.05, 3.63) is 17.0 Å². The number of aromatic nitrogens is 2. The average Bonchev–Trinajstić information content (AvgIpc) is 2.67. The predicted octanol–water partition coefficient (Wildman–Crippen LogP) is -0.134. The quantitative estimate of drug-likeness (QED) is 0.707. The van der Waals surface area contributed by atoms with Crippen LogP contribution in [0.2, 0.25) is 0 Å². The van der Waals surface area contributed by atoms with E-state index in [1.165, 1.54) is 14.2 Å². The Hall–Kier alpha value is -1.45. The zero-order chi connectivity index (χ0) is 16.2. The highest BCUT2D eigenvalue weighted by molar-refractivity contribution is 7.87. The minimum absolute atomic E-state index is 0.0128. The molecule has 120 valence electrons. The summed E-state index contributed by atoms with van der Waals surface area (Å²) in [6, 6.07) is 0. The topological polar surface area (TPSA) is 93.5 Å². The van der Waals surface area contributed by atoms with Crippen LogP contribution in [0.25, 0.3) is 0 Å². The summed E-state index contributed by atoms with van der Waals surface area (Å²) in [5.41, 5.74) is 2.55. The maximum atomic E-state index is 12.1. The lowest BCUT2D eigenvalue weighted by molar-refractivity contribution is -0.140. The van der Waals surface area contributed by atoms with Crippen LogP contribution in [0.15, 0.2) is 0 Å². The molecule has 1 aromatic heterocycles. The van der Waals surface area contributed by atoms with Gasteiger partial charge in [-0.05, 0) is 13.8 Å². The molecule has 0 unspecified atom stereocenters. The number of hydrogen-bond acceptors (Lipinski definition) is 5. The fourth-order valence-electron chi connectivity index (χ4n) is 1.82. The SMILES string of the molecule is COC(=O)CCN(C)S(=O)(=O)NCc1c(C)nn(C)c1C. The van der Waals surface area contributed by atoms with Gasteiger partial charge in [0.15, 0.2) is 0 Å². The van der Waals surface area contributed by atoms with Gasteiger partial charge in [-0.1, -0.05) is 0 Å². The Labute approximate surface area is 125 Å². The number of esters is 1. The smallest absolute Gasteiger partial charge is 0.306 e. The molecule has 1 rings (SSSR count). The van der Waals surface area contributed by atoms with E-state index in [1.54, 1.807) is 4.68 Å². The Morgan fingerprint density at radius 1 is 1.43 bits per heavy atom. The molecule has 0 atom stereocenters. The van der Waals surface area contributed by atoms with Gasteiger partial charge in [-0.2, -0.15) is 22.5 Å². The summed E-state index contributed by atoms with van der Waals surface area (Å²) in [5.74, 6) is -0.448. The zero-order valence-corrected chi connectivity index (χ0v) is 13.8. The van der Waals surface area contributed by atoms with Gasteiger partial charge in [0.25, 0.3) is 10.2 Å². The van der Waals surface area contributed by atoms with Crippen LogP contribution < -0.4 is 4.72 Å². The molecule has 0 saturated heterocycles. The summed E-state index contributed by atoms with van der Waals surface area (Å²) < 4.78 is 33.9.